The van der Waals surface area contributed by atoms with Crippen LogP contribution in [-0.2, 0) is 0 Å². The second-order valence-corrected chi connectivity index (χ2v) is 3.04. The molecule has 0 saturated heterocycles. The Kier molecular flexibility index (Phi) is 1.96. The van der Waals surface area contributed by atoms with Gasteiger partial charge in [-0.05, 0) is 18.6 Å². The summed E-state index contributed by atoms with van der Waals surface area (Å²) < 4.78 is 14.7. The van der Waals surface area contributed by atoms with Gasteiger partial charge in [0.15, 0.2) is 0 Å². The van der Waals surface area contributed by atoms with Gasteiger partial charge >= 0.3 is 5.69 Å². The molecule has 1 aromatic heterocycles. The van der Waals surface area contributed by atoms with Crippen LogP contribution in [0.1, 0.15) is 5.56 Å². The molecule has 0 fully saturated rings. The Morgan fingerprint density at radius 3 is 2.79 bits per heavy atom. The summed E-state index contributed by atoms with van der Waals surface area (Å²) in [7, 11) is 0. The minimum absolute atomic E-state index is 0.304. The Hall–Kier alpha value is -1.84. The number of H-pyrrole nitrogens is 1. The first kappa shape index (κ1) is 8.74. The molecular weight excluding hydrogens is 183 g/mol. The van der Waals surface area contributed by atoms with Crippen molar-refractivity contribution in [3.63, 3.8) is 0 Å². The first-order chi connectivity index (χ1) is 6.70. The summed E-state index contributed by atoms with van der Waals surface area (Å²) in [5.74, 6) is -0.397. The highest BCUT2D eigenvalue weighted by atomic mass is 19.1. The molecule has 0 aliphatic carbocycles. The predicted octanol–water partition coefficient (Wildman–Crippen LogP) is 1.61. The maximum atomic E-state index is 13.4. The van der Waals surface area contributed by atoms with E-state index in [9.17, 15) is 9.18 Å². The molecule has 1 heterocycles. The van der Waals surface area contributed by atoms with Crippen molar-refractivity contribution in [2.75, 3.05) is 0 Å². The summed E-state index contributed by atoms with van der Waals surface area (Å²) in [5, 5.41) is 0. The van der Waals surface area contributed by atoms with Crippen molar-refractivity contribution in [1.29, 1.82) is 0 Å². The fraction of sp³-hybridized carbons (Fsp3) is 0.100. The topological polar surface area (TPSA) is 37.8 Å². The summed E-state index contributed by atoms with van der Waals surface area (Å²) >= 11 is 0. The third-order valence-electron chi connectivity index (χ3n) is 2.08. The van der Waals surface area contributed by atoms with E-state index in [1.54, 1.807) is 19.1 Å². The van der Waals surface area contributed by atoms with Crippen LogP contribution >= 0.6 is 0 Å². The summed E-state index contributed by atoms with van der Waals surface area (Å²) in [6, 6.07) is 4.71. The molecule has 0 aliphatic heterocycles. The van der Waals surface area contributed by atoms with E-state index >= 15 is 0 Å². The van der Waals surface area contributed by atoms with Crippen LogP contribution in [0.5, 0.6) is 0 Å². The number of benzene rings is 1. The molecule has 1 N–H and O–H groups in total. The number of imidazole rings is 1. The molecule has 2 aromatic rings. The number of hydrogen-bond acceptors (Lipinski definition) is 1. The Morgan fingerprint density at radius 2 is 2.21 bits per heavy atom. The number of hydrogen-bond donors (Lipinski definition) is 1. The molecule has 0 amide bonds. The van der Waals surface area contributed by atoms with Gasteiger partial charge in [0.1, 0.15) is 5.82 Å². The van der Waals surface area contributed by atoms with E-state index in [0.717, 1.165) is 5.56 Å². The number of para-hydroxylation sites is 1. The van der Waals surface area contributed by atoms with Crippen LogP contribution in [0, 0.1) is 12.7 Å². The Bertz CT molecular complexity index is 493. The van der Waals surface area contributed by atoms with E-state index in [1.807, 2.05) is 0 Å². The number of aryl methyl sites for hydroxylation is 1. The molecule has 0 radical (unpaired) electrons. The van der Waals surface area contributed by atoms with Crippen LogP contribution in [0.25, 0.3) is 5.69 Å². The fourth-order valence-corrected chi connectivity index (χ4v) is 1.42. The van der Waals surface area contributed by atoms with Gasteiger partial charge in [0, 0.05) is 12.4 Å². The number of rotatable bonds is 1. The van der Waals surface area contributed by atoms with Gasteiger partial charge in [-0.2, -0.15) is 0 Å². The van der Waals surface area contributed by atoms with Gasteiger partial charge in [0.25, 0.3) is 0 Å². The average Bonchev–Trinajstić information content (AvgIpc) is 2.52. The first-order valence-electron chi connectivity index (χ1n) is 4.21. The quantitative estimate of drug-likeness (QED) is 0.732. The second kappa shape index (κ2) is 3.14. The second-order valence-electron chi connectivity index (χ2n) is 3.04. The molecule has 1 aromatic carbocycles. The monoisotopic (exact) mass is 192 g/mol. The SMILES string of the molecule is Cc1cccc(F)c1-n1cc[nH]c1=O. The lowest BCUT2D eigenvalue weighted by Gasteiger charge is -2.05. The van der Waals surface area contributed by atoms with Gasteiger partial charge < -0.3 is 4.98 Å². The van der Waals surface area contributed by atoms with E-state index < -0.39 is 5.82 Å². The lowest BCUT2D eigenvalue weighted by molar-refractivity contribution is 0.614. The number of aromatic nitrogens is 2. The highest BCUT2D eigenvalue weighted by Crippen LogP contribution is 2.15. The molecule has 4 heteroatoms. The van der Waals surface area contributed by atoms with E-state index in [-0.39, 0.29) is 5.69 Å². The zero-order chi connectivity index (χ0) is 10.1. The highest BCUT2D eigenvalue weighted by molar-refractivity contribution is 5.41. The van der Waals surface area contributed by atoms with Crippen LogP contribution in [0.3, 0.4) is 0 Å². The first-order valence-corrected chi connectivity index (χ1v) is 4.21. The van der Waals surface area contributed by atoms with Crippen LogP contribution in [0.15, 0.2) is 35.4 Å². The molecule has 0 bridgehead atoms. The molecule has 3 nitrogen and oxygen atoms in total. The van der Waals surface area contributed by atoms with Crippen molar-refractivity contribution in [3.8, 4) is 5.69 Å². The maximum Gasteiger partial charge on any atom is 0.330 e. The molecular formula is C10H9FN2O. The van der Waals surface area contributed by atoms with E-state index in [2.05, 4.69) is 4.98 Å². The van der Waals surface area contributed by atoms with Crippen LogP contribution < -0.4 is 5.69 Å². The normalized spacial score (nSPS) is 10.4. The van der Waals surface area contributed by atoms with Gasteiger partial charge in [0.05, 0.1) is 5.69 Å². The van der Waals surface area contributed by atoms with Gasteiger partial charge in [-0.3, -0.25) is 4.57 Å². The number of halogens is 1. The van der Waals surface area contributed by atoms with Gasteiger partial charge in [-0.1, -0.05) is 12.1 Å². The van der Waals surface area contributed by atoms with Crippen molar-refractivity contribution in [3.05, 3.63) is 52.5 Å². The van der Waals surface area contributed by atoms with Crippen molar-refractivity contribution < 1.29 is 4.39 Å². The van der Waals surface area contributed by atoms with Crippen LogP contribution in [0.2, 0.25) is 0 Å². The lowest BCUT2D eigenvalue weighted by Crippen LogP contribution is -2.16. The minimum atomic E-state index is -0.397. The number of aromatic amines is 1. The molecule has 0 unspecified atom stereocenters. The third kappa shape index (κ3) is 1.25. The van der Waals surface area contributed by atoms with Crippen molar-refractivity contribution in [2.45, 2.75) is 6.92 Å². The number of nitrogens with one attached hydrogen (secondary N) is 1. The Balaban J connectivity index is 2.74. The lowest BCUT2D eigenvalue weighted by atomic mass is 10.2. The Morgan fingerprint density at radius 1 is 1.43 bits per heavy atom. The van der Waals surface area contributed by atoms with Gasteiger partial charge in [-0.25, -0.2) is 9.18 Å². The molecule has 0 aliphatic rings. The third-order valence-corrected chi connectivity index (χ3v) is 2.08. The zero-order valence-corrected chi connectivity index (χ0v) is 7.62. The van der Waals surface area contributed by atoms with E-state index in [1.165, 1.54) is 23.0 Å². The molecule has 0 spiro atoms. The fourth-order valence-electron chi connectivity index (χ4n) is 1.42. The smallest absolute Gasteiger partial charge is 0.312 e. The summed E-state index contributed by atoms with van der Waals surface area (Å²) in [5.41, 5.74) is 0.698. The summed E-state index contributed by atoms with van der Waals surface area (Å²) in [6.45, 7) is 1.76. The maximum absolute atomic E-state index is 13.4. The summed E-state index contributed by atoms with van der Waals surface area (Å²) in [4.78, 5) is 13.7. The van der Waals surface area contributed by atoms with Gasteiger partial charge in [0.2, 0.25) is 0 Å². The van der Waals surface area contributed by atoms with Crippen LogP contribution in [-0.4, -0.2) is 9.55 Å². The summed E-state index contributed by atoms with van der Waals surface area (Å²) in [6.07, 6.45) is 2.99. The van der Waals surface area contributed by atoms with E-state index in [0.29, 0.717) is 5.69 Å². The average molecular weight is 192 g/mol. The zero-order valence-electron chi connectivity index (χ0n) is 7.62. The standard InChI is InChI=1S/C10H9FN2O/c1-7-3-2-4-8(11)9(7)13-6-5-12-10(13)14/h2-6H,1H3,(H,12,14). The Labute approximate surface area is 79.8 Å². The molecule has 14 heavy (non-hydrogen) atoms. The van der Waals surface area contributed by atoms with Crippen molar-refractivity contribution in [1.82, 2.24) is 9.55 Å². The number of nitrogens with zero attached hydrogens (tertiary/aromatic N) is 1. The predicted molar refractivity (Wildman–Crippen MR) is 51.1 cm³/mol. The van der Waals surface area contributed by atoms with Gasteiger partial charge in [-0.15, -0.1) is 0 Å². The highest BCUT2D eigenvalue weighted by Gasteiger charge is 2.08. The molecule has 2 rings (SSSR count). The van der Waals surface area contributed by atoms with Crippen LogP contribution in [0.4, 0.5) is 4.39 Å². The minimum Gasteiger partial charge on any atom is -0.312 e. The van der Waals surface area contributed by atoms with Crippen molar-refractivity contribution in [2.24, 2.45) is 0 Å². The van der Waals surface area contributed by atoms with E-state index in [4.69, 9.17) is 0 Å². The molecule has 72 valence electrons. The van der Waals surface area contributed by atoms with Crippen molar-refractivity contribution >= 4 is 0 Å². The molecule has 0 saturated carbocycles. The molecule has 0 atom stereocenters. The largest absolute Gasteiger partial charge is 0.330 e.